The Hall–Kier alpha value is -1.63. The van der Waals surface area contributed by atoms with Crippen LogP contribution in [0.1, 0.15) is 73.6 Å². The molecule has 0 aliphatic heterocycles. The van der Waals surface area contributed by atoms with Crippen LogP contribution in [0, 0.1) is 11.8 Å². The van der Waals surface area contributed by atoms with Crippen LogP contribution in [0.25, 0.3) is 0 Å². The molecule has 0 aromatic carbocycles. The summed E-state index contributed by atoms with van der Waals surface area (Å²) >= 11 is 0. The quantitative estimate of drug-likeness (QED) is 0.308. The van der Waals surface area contributed by atoms with E-state index in [0.29, 0.717) is 13.0 Å². The largest absolute Gasteiger partial charge is 0.468 e. The molecule has 0 aliphatic carbocycles. The number of unbranched alkanes of at least 4 members (excludes halogenated alkanes) is 3. The number of amides is 2. The Morgan fingerprint density at radius 3 is 2.07 bits per heavy atom. The fourth-order valence-electron chi connectivity index (χ4n) is 2.93. The van der Waals surface area contributed by atoms with E-state index in [-0.39, 0.29) is 23.7 Å². The van der Waals surface area contributed by atoms with Crippen molar-refractivity contribution >= 4 is 17.8 Å². The molecule has 3 atom stereocenters. The third-order valence-corrected chi connectivity index (χ3v) is 4.61. The summed E-state index contributed by atoms with van der Waals surface area (Å²) in [6.45, 7) is 12.3. The minimum absolute atomic E-state index is 0.0441. The van der Waals surface area contributed by atoms with E-state index in [2.05, 4.69) is 22.9 Å². The van der Waals surface area contributed by atoms with Gasteiger partial charge in [0.15, 0.2) is 0 Å². The zero-order chi connectivity index (χ0) is 21.7. The van der Waals surface area contributed by atoms with Gasteiger partial charge in [0.1, 0.15) is 12.1 Å². The van der Waals surface area contributed by atoms with Crippen molar-refractivity contribution < 1.29 is 19.1 Å². The zero-order valence-electron chi connectivity index (χ0n) is 18.8. The summed E-state index contributed by atoms with van der Waals surface area (Å²) in [6, 6.07) is -1.79. The zero-order valence-corrected chi connectivity index (χ0v) is 18.8. The molecule has 164 valence electrons. The highest BCUT2D eigenvalue weighted by molar-refractivity contribution is 5.90. The van der Waals surface area contributed by atoms with E-state index in [1.807, 2.05) is 27.7 Å². The van der Waals surface area contributed by atoms with Crippen LogP contribution in [0.4, 0.5) is 0 Å². The molecule has 28 heavy (non-hydrogen) atoms. The van der Waals surface area contributed by atoms with Crippen LogP contribution in [0.3, 0.4) is 0 Å². The van der Waals surface area contributed by atoms with Gasteiger partial charge in [0.05, 0.1) is 13.2 Å². The predicted molar refractivity (Wildman–Crippen MR) is 112 cm³/mol. The third kappa shape index (κ3) is 10.6. The molecule has 0 rings (SSSR count). The van der Waals surface area contributed by atoms with Crippen molar-refractivity contribution in [2.75, 3.05) is 13.7 Å². The maximum atomic E-state index is 12.9. The first kappa shape index (κ1) is 26.4. The molecule has 3 N–H and O–H groups in total. The van der Waals surface area contributed by atoms with Gasteiger partial charge in [0, 0.05) is 6.54 Å². The highest BCUT2D eigenvalue weighted by Crippen LogP contribution is 2.09. The number of carbonyl (C=O) groups is 3. The van der Waals surface area contributed by atoms with Crippen LogP contribution < -0.4 is 16.0 Å². The summed E-state index contributed by atoms with van der Waals surface area (Å²) in [6.07, 6.45) is 4.87. The maximum Gasteiger partial charge on any atom is 0.322 e. The fraction of sp³-hybridized carbons (Fsp3) is 0.857. The lowest BCUT2D eigenvalue weighted by Crippen LogP contribution is -2.57. The van der Waals surface area contributed by atoms with Crippen LogP contribution in [0.5, 0.6) is 0 Å². The monoisotopic (exact) mass is 399 g/mol. The molecule has 0 fully saturated rings. The van der Waals surface area contributed by atoms with Crippen molar-refractivity contribution in [1.29, 1.82) is 0 Å². The van der Waals surface area contributed by atoms with E-state index < -0.39 is 24.1 Å². The molecular formula is C21H41N3O4. The summed E-state index contributed by atoms with van der Waals surface area (Å²) in [5.74, 6) is -0.657. The van der Waals surface area contributed by atoms with E-state index in [4.69, 9.17) is 4.74 Å². The highest BCUT2D eigenvalue weighted by Gasteiger charge is 2.30. The Bertz CT molecular complexity index is 480. The topological polar surface area (TPSA) is 96.5 Å². The summed E-state index contributed by atoms with van der Waals surface area (Å²) < 4.78 is 4.73. The normalized spacial score (nSPS) is 14.5. The lowest BCUT2D eigenvalue weighted by molar-refractivity contribution is -0.143. The molecule has 2 amide bonds. The van der Waals surface area contributed by atoms with Crippen molar-refractivity contribution in [3.05, 3.63) is 0 Å². The Balaban J connectivity index is 4.93. The molecule has 0 bridgehead atoms. The second kappa shape index (κ2) is 14.4. The van der Waals surface area contributed by atoms with Gasteiger partial charge < -0.3 is 15.4 Å². The van der Waals surface area contributed by atoms with Gasteiger partial charge in [-0.05, 0) is 31.6 Å². The molecule has 0 radical (unpaired) electrons. The lowest BCUT2D eigenvalue weighted by atomic mass is 9.99. The van der Waals surface area contributed by atoms with E-state index >= 15 is 0 Å². The maximum absolute atomic E-state index is 12.9. The van der Waals surface area contributed by atoms with Gasteiger partial charge in [-0.2, -0.15) is 0 Å². The Labute approximate surface area is 170 Å². The van der Waals surface area contributed by atoms with Crippen LogP contribution >= 0.6 is 0 Å². The first-order valence-corrected chi connectivity index (χ1v) is 10.6. The first-order chi connectivity index (χ1) is 13.1. The molecular weight excluding hydrogens is 358 g/mol. The average molecular weight is 400 g/mol. The number of esters is 1. The Morgan fingerprint density at radius 1 is 0.929 bits per heavy atom. The third-order valence-electron chi connectivity index (χ3n) is 4.61. The SMILES string of the molecule is CCCCCCNC(=O)[C@@H](NC(=O)[C@H](CC(C)C)NC(C)C(=O)OC)C(C)C. The number of hydrogen-bond donors (Lipinski definition) is 3. The van der Waals surface area contributed by atoms with Crippen molar-refractivity contribution in [3.8, 4) is 0 Å². The van der Waals surface area contributed by atoms with Gasteiger partial charge in [0.25, 0.3) is 0 Å². The molecule has 0 spiro atoms. The molecule has 7 heteroatoms. The molecule has 7 nitrogen and oxygen atoms in total. The molecule has 0 saturated carbocycles. The summed E-state index contributed by atoms with van der Waals surface area (Å²) in [7, 11) is 1.32. The standard InChI is InChI=1S/C21H41N3O4/c1-8-9-10-11-12-22-20(26)18(15(4)5)24-19(25)17(13-14(2)3)23-16(6)21(27)28-7/h14-18,23H,8-13H2,1-7H3,(H,22,26)(H,24,25)/t16?,17-,18-/m0/s1. The van der Waals surface area contributed by atoms with Crippen LogP contribution in [0.15, 0.2) is 0 Å². The second-order valence-electron chi connectivity index (χ2n) is 8.18. The number of hydrogen-bond acceptors (Lipinski definition) is 5. The van der Waals surface area contributed by atoms with Gasteiger partial charge in [0.2, 0.25) is 11.8 Å². The molecule has 1 unspecified atom stereocenters. The number of nitrogens with one attached hydrogen (secondary N) is 3. The van der Waals surface area contributed by atoms with E-state index in [1.165, 1.54) is 7.11 Å². The van der Waals surface area contributed by atoms with Crippen molar-refractivity contribution in [2.45, 2.75) is 91.8 Å². The summed E-state index contributed by atoms with van der Waals surface area (Å²) in [5.41, 5.74) is 0. The molecule has 0 aromatic heterocycles. The number of rotatable bonds is 14. The average Bonchev–Trinajstić information content (AvgIpc) is 2.63. The van der Waals surface area contributed by atoms with Crippen molar-refractivity contribution in [1.82, 2.24) is 16.0 Å². The van der Waals surface area contributed by atoms with Gasteiger partial charge in [-0.15, -0.1) is 0 Å². The summed E-state index contributed by atoms with van der Waals surface area (Å²) in [5, 5.41) is 8.83. The number of ether oxygens (including phenoxy) is 1. The highest BCUT2D eigenvalue weighted by atomic mass is 16.5. The second-order valence-corrected chi connectivity index (χ2v) is 8.18. The fourth-order valence-corrected chi connectivity index (χ4v) is 2.93. The predicted octanol–water partition coefficient (Wildman–Crippen LogP) is 2.39. The van der Waals surface area contributed by atoms with Crippen molar-refractivity contribution in [3.63, 3.8) is 0 Å². The van der Waals surface area contributed by atoms with E-state index in [9.17, 15) is 14.4 Å². The van der Waals surface area contributed by atoms with Gasteiger partial charge in [-0.1, -0.05) is 53.9 Å². The van der Waals surface area contributed by atoms with Crippen molar-refractivity contribution in [2.24, 2.45) is 11.8 Å². The number of methoxy groups -OCH3 is 1. The minimum Gasteiger partial charge on any atom is -0.468 e. The summed E-state index contributed by atoms with van der Waals surface area (Å²) in [4.78, 5) is 37.1. The van der Waals surface area contributed by atoms with Gasteiger partial charge >= 0.3 is 5.97 Å². The van der Waals surface area contributed by atoms with Gasteiger partial charge in [-0.3, -0.25) is 19.7 Å². The smallest absolute Gasteiger partial charge is 0.322 e. The van der Waals surface area contributed by atoms with E-state index in [0.717, 1.165) is 25.7 Å². The minimum atomic E-state index is -0.608. The van der Waals surface area contributed by atoms with Crippen LogP contribution in [-0.2, 0) is 19.1 Å². The Morgan fingerprint density at radius 2 is 1.57 bits per heavy atom. The number of carbonyl (C=O) groups excluding carboxylic acids is 3. The molecule has 0 saturated heterocycles. The molecule has 0 heterocycles. The van der Waals surface area contributed by atoms with E-state index in [1.54, 1.807) is 6.92 Å². The Kier molecular flexibility index (Phi) is 13.5. The molecule has 0 aliphatic rings. The lowest BCUT2D eigenvalue weighted by Gasteiger charge is -2.27. The van der Waals surface area contributed by atoms with Crippen LogP contribution in [0.2, 0.25) is 0 Å². The van der Waals surface area contributed by atoms with Gasteiger partial charge in [-0.25, -0.2) is 0 Å². The molecule has 0 aromatic rings. The van der Waals surface area contributed by atoms with Crippen LogP contribution in [-0.4, -0.2) is 49.6 Å². The first-order valence-electron chi connectivity index (χ1n) is 10.6.